The lowest BCUT2D eigenvalue weighted by Gasteiger charge is -2.31. The zero-order valence-electron chi connectivity index (χ0n) is 18.1. The smallest absolute Gasteiger partial charge is 0.244 e. The number of carbonyl (C=O) groups excluding carboxylic acids is 1. The summed E-state index contributed by atoms with van der Waals surface area (Å²) in [4.78, 5) is 17.6. The number of rotatable bonds is 6. The van der Waals surface area contributed by atoms with Gasteiger partial charge in [0.25, 0.3) is 0 Å². The first kappa shape index (κ1) is 20.4. The van der Waals surface area contributed by atoms with Gasteiger partial charge >= 0.3 is 0 Å². The molecule has 1 atom stereocenters. The maximum absolute atomic E-state index is 13.4. The van der Waals surface area contributed by atoms with E-state index in [0.29, 0.717) is 6.54 Å². The largest absolute Gasteiger partial charge is 0.341 e. The highest BCUT2D eigenvalue weighted by atomic mass is 16.2. The van der Waals surface area contributed by atoms with Crippen LogP contribution in [0.5, 0.6) is 0 Å². The highest BCUT2D eigenvalue weighted by Crippen LogP contribution is 2.28. The lowest BCUT2D eigenvalue weighted by molar-refractivity contribution is -0.136. The van der Waals surface area contributed by atoms with E-state index in [2.05, 4.69) is 43.0 Å². The molecule has 0 aliphatic carbocycles. The molecule has 30 heavy (non-hydrogen) atoms. The van der Waals surface area contributed by atoms with Gasteiger partial charge in [-0.3, -0.25) is 9.69 Å². The van der Waals surface area contributed by atoms with Crippen LogP contribution < -0.4 is 0 Å². The van der Waals surface area contributed by atoms with Crippen molar-refractivity contribution in [3.63, 3.8) is 0 Å². The zero-order valence-corrected chi connectivity index (χ0v) is 18.1. The van der Waals surface area contributed by atoms with Crippen LogP contribution >= 0.6 is 0 Å². The van der Waals surface area contributed by atoms with E-state index < -0.39 is 0 Å². The van der Waals surface area contributed by atoms with Crippen molar-refractivity contribution >= 4 is 5.91 Å². The lowest BCUT2D eigenvalue weighted by atomic mass is 10.0. The molecule has 0 saturated carbocycles. The van der Waals surface area contributed by atoms with E-state index >= 15 is 0 Å². The van der Waals surface area contributed by atoms with Gasteiger partial charge in [-0.15, -0.1) is 0 Å². The Bertz CT molecular complexity index is 991. The van der Waals surface area contributed by atoms with Crippen LogP contribution in [0.1, 0.15) is 41.4 Å². The van der Waals surface area contributed by atoms with Gasteiger partial charge in [-0.25, -0.2) is 4.68 Å². The summed E-state index contributed by atoms with van der Waals surface area (Å²) in [6, 6.07) is 20.0. The van der Waals surface area contributed by atoms with E-state index in [4.69, 9.17) is 5.10 Å². The molecule has 1 amide bonds. The first-order valence-electron chi connectivity index (χ1n) is 10.7. The van der Waals surface area contributed by atoms with Crippen LogP contribution in [0, 0.1) is 13.8 Å². The average Bonchev–Trinajstić information content (AvgIpc) is 3.40. The fraction of sp³-hybridized carbons (Fsp3) is 0.360. The number of benzene rings is 2. The molecule has 156 valence electrons. The molecule has 1 aliphatic heterocycles. The van der Waals surface area contributed by atoms with Crippen LogP contribution in [-0.4, -0.2) is 45.6 Å². The molecule has 5 nitrogen and oxygen atoms in total. The molecule has 1 fully saturated rings. The summed E-state index contributed by atoms with van der Waals surface area (Å²) in [5, 5.41) is 4.78. The van der Waals surface area contributed by atoms with Crippen molar-refractivity contribution in [2.75, 3.05) is 20.1 Å². The molecule has 0 N–H and O–H groups in total. The number of amides is 1. The van der Waals surface area contributed by atoms with Crippen molar-refractivity contribution in [3.8, 4) is 5.69 Å². The van der Waals surface area contributed by atoms with E-state index in [9.17, 15) is 4.79 Å². The lowest BCUT2D eigenvalue weighted by Crippen LogP contribution is -2.40. The van der Waals surface area contributed by atoms with Crippen molar-refractivity contribution in [3.05, 3.63) is 83.2 Å². The summed E-state index contributed by atoms with van der Waals surface area (Å²) in [6.45, 7) is 6.55. The molecule has 1 saturated heterocycles. The Balaban J connectivity index is 1.64. The van der Waals surface area contributed by atoms with Gasteiger partial charge in [-0.05, 0) is 51.4 Å². The number of para-hydroxylation sites is 1. The van der Waals surface area contributed by atoms with Crippen molar-refractivity contribution < 1.29 is 4.79 Å². The van der Waals surface area contributed by atoms with Crippen LogP contribution in [0.2, 0.25) is 0 Å². The second kappa shape index (κ2) is 8.84. The first-order chi connectivity index (χ1) is 14.6. The second-order valence-corrected chi connectivity index (χ2v) is 8.16. The molecule has 3 aromatic rings. The fourth-order valence-corrected chi connectivity index (χ4v) is 4.40. The molecule has 1 aliphatic rings. The van der Waals surface area contributed by atoms with Gasteiger partial charge in [-0.1, -0.05) is 48.5 Å². The maximum atomic E-state index is 13.4. The monoisotopic (exact) mass is 402 g/mol. The van der Waals surface area contributed by atoms with Crippen LogP contribution in [0.4, 0.5) is 0 Å². The predicted octanol–water partition coefficient (Wildman–Crippen LogP) is 4.28. The summed E-state index contributed by atoms with van der Waals surface area (Å²) >= 11 is 0. The van der Waals surface area contributed by atoms with Crippen LogP contribution in [0.3, 0.4) is 0 Å². The molecule has 0 unspecified atom stereocenters. The standard InChI is InChI=1S/C25H30N4O/c1-19-23(20(2)29(26-19)22-14-8-5-9-15-22)18-27(3)24(21-12-6-4-7-13-21)25(30)28-16-10-11-17-28/h4-9,12-15,24H,10-11,16-18H2,1-3H3/t24-/m1/s1. The van der Waals surface area contributed by atoms with E-state index in [1.165, 1.54) is 5.56 Å². The minimum atomic E-state index is -0.289. The van der Waals surface area contributed by atoms with Gasteiger partial charge in [0, 0.05) is 30.9 Å². The molecule has 2 aromatic carbocycles. The number of likely N-dealkylation sites (N-methyl/N-ethyl adjacent to an activating group) is 1. The number of aromatic nitrogens is 2. The third kappa shape index (κ3) is 4.03. The van der Waals surface area contributed by atoms with Gasteiger partial charge in [0.1, 0.15) is 6.04 Å². The summed E-state index contributed by atoms with van der Waals surface area (Å²) in [5.74, 6) is 0.201. The predicted molar refractivity (Wildman–Crippen MR) is 120 cm³/mol. The number of hydrogen-bond acceptors (Lipinski definition) is 3. The summed E-state index contributed by atoms with van der Waals surface area (Å²) in [5.41, 5.74) is 5.40. The Kier molecular flexibility index (Phi) is 6.00. The van der Waals surface area contributed by atoms with Gasteiger partial charge in [0.15, 0.2) is 0 Å². The Morgan fingerprint density at radius 1 is 1.00 bits per heavy atom. The van der Waals surface area contributed by atoms with Crippen LogP contribution in [-0.2, 0) is 11.3 Å². The Morgan fingerprint density at radius 3 is 2.23 bits per heavy atom. The number of likely N-dealkylation sites (tertiary alicyclic amines) is 1. The van der Waals surface area contributed by atoms with Crippen LogP contribution in [0.15, 0.2) is 60.7 Å². The SMILES string of the molecule is Cc1nn(-c2ccccc2)c(C)c1CN(C)[C@@H](C(=O)N1CCCC1)c1ccccc1. The number of nitrogens with zero attached hydrogens (tertiary/aromatic N) is 4. The third-order valence-electron chi connectivity index (χ3n) is 6.06. The van der Waals surface area contributed by atoms with E-state index in [-0.39, 0.29) is 11.9 Å². The molecule has 1 aromatic heterocycles. The average molecular weight is 403 g/mol. The Labute approximate surface area is 178 Å². The fourth-order valence-electron chi connectivity index (χ4n) is 4.40. The second-order valence-electron chi connectivity index (χ2n) is 8.16. The summed E-state index contributed by atoms with van der Waals surface area (Å²) in [6.07, 6.45) is 2.19. The molecule has 4 rings (SSSR count). The molecule has 0 spiro atoms. The molecular weight excluding hydrogens is 372 g/mol. The van der Waals surface area contributed by atoms with Gasteiger partial charge in [-0.2, -0.15) is 5.10 Å². The normalized spacial score (nSPS) is 15.0. The molecule has 0 bridgehead atoms. The van der Waals surface area contributed by atoms with Crippen LogP contribution in [0.25, 0.3) is 5.69 Å². The zero-order chi connectivity index (χ0) is 21.1. The van der Waals surface area contributed by atoms with Crippen molar-refractivity contribution in [1.29, 1.82) is 0 Å². The minimum absolute atomic E-state index is 0.201. The maximum Gasteiger partial charge on any atom is 0.244 e. The molecule has 2 heterocycles. The summed E-state index contributed by atoms with van der Waals surface area (Å²) in [7, 11) is 2.05. The Morgan fingerprint density at radius 2 is 1.60 bits per heavy atom. The highest BCUT2D eigenvalue weighted by molar-refractivity contribution is 5.83. The number of aryl methyl sites for hydroxylation is 1. The molecule has 5 heteroatoms. The molecule has 0 radical (unpaired) electrons. The number of hydrogen-bond donors (Lipinski definition) is 0. The number of carbonyl (C=O) groups is 1. The highest BCUT2D eigenvalue weighted by Gasteiger charge is 2.31. The summed E-state index contributed by atoms with van der Waals surface area (Å²) < 4.78 is 2.00. The van der Waals surface area contributed by atoms with Gasteiger partial charge in [0.05, 0.1) is 11.4 Å². The van der Waals surface area contributed by atoms with E-state index in [1.54, 1.807) is 0 Å². The van der Waals surface area contributed by atoms with Gasteiger partial charge < -0.3 is 4.90 Å². The third-order valence-corrected chi connectivity index (χ3v) is 6.06. The topological polar surface area (TPSA) is 41.4 Å². The van der Waals surface area contributed by atoms with E-state index in [1.807, 2.05) is 53.0 Å². The van der Waals surface area contributed by atoms with Gasteiger partial charge in [0.2, 0.25) is 5.91 Å². The van der Waals surface area contributed by atoms with Crippen molar-refractivity contribution in [1.82, 2.24) is 19.6 Å². The van der Waals surface area contributed by atoms with E-state index in [0.717, 1.165) is 48.6 Å². The quantitative estimate of drug-likeness (QED) is 0.618. The Hall–Kier alpha value is -2.92. The van der Waals surface area contributed by atoms with Crippen molar-refractivity contribution in [2.24, 2.45) is 0 Å². The van der Waals surface area contributed by atoms with Crippen molar-refractivity contribution in [2.45, 2.75) is 39.3 Å². The first-order valence-corrected chi connectivity index (χ1v) is 10.7. The minimum Gasteiger partial charge on any atom is -0.341 e. The molecular formula is C25H30N4O.